The zero-order valence-electron chi connectivity index (χ0n) is 16.4. The molecule has 144 valence electrons. The molecule has 6 nitrogen and oxygen atoms in total. The fourth-order valence-electron chi connectivity index (χ4n) is 3.83. The highest BCUT2D eigenvalue weighted by Crippen LogP contribution is 2.38. The van der Waals surface area contributed by atoms with E-state index < -0.39 is 5.91 Å². The van der Waals surface area contributed by atoms with Crippen LogP contribution in [0.1, 0.15) is 52.4 Å². The number of Topliss-reactive ketones (excluding diaryl/α,β-unsaturated/α-hetero) is 1. The van der Waals surface area contributed by atoms with Gasteiger partial charge in [-0.25, -0.2) is 0 Å². The Labute approximate surface area is 159 Å². The zero-order chi connectivity index (χ0) is 19.8. The number of aryl methyl sites for hydroxylation is 1. The van der Waals surface area contributed by atoms with E-state index in [1.54, 1.807) is 13.2 Å². The summed E-state index contributed by atoms with van der Waals surface area (Å²) in [7, 11) is 1.63. The van der Waals surface area contributed by atoms with Crippen LogP contribution in [0.25, 0.3) is 5.69 Å². The van der Waals surface area contributed by atoms with E-state index >= 15 is 0 Å². The number of nitrogens with zero attached hydrogens (tertiary/aromatic N) is 1. The lowest BCUT2D eigenvalue weighted by Gasteiger charge is -2.30. The standard InChI is InChI=1S/C21H27N3O3/c1-13-9-16-18(11-21(2,3)12-19(16)25)24(13)14-5-6-15(20(22)26)17(10-14)23-7-8-27-4/h5-6,9-10,23H,7-8,11-12H2,1-4H3,(H2,22,26). The van der Waals surface area contributed by atoms with E-state index in [2.05, 4.69) is 23.7 Å². The number of aromatic nitrogens is 1. The lowest BCUT2D eigenvalue weighted by Crippen LogP contribution is -2.27. The molecule has 2 aromatic rings. The van der Waals surface area contributed by atoms with Crippen molar-refractivity contribution < 1.29 is 14.3 Å². The van der Waals surface area contributed by atoms with E-state index in [1.807, 2.05) is 25.1 Å². The second-order valence-corrected chi connectivity index (χ2v) is 7.94. The van der Waals surface area contributed by atoms with Gasteiger partial charge in [0.25, 0.3) is 5.91 Å². The topological polar surface area (TPSA) is 86.3 Å². The van der Waals surface area contributed by atoms with Crippen molar-refractivity contribution in [3.8, 4) is 5.69 Å². The number of fused-ring (bicyclic) bond motifs is 1. The van der Waals surface area contributed by atoms with Crippen LogP contribution < -0.4 is 11.1 Å². The molecule has 1 aliphatic rings. The minimum absolute atomic E-state index is 0.0701. The van der Waals surface area contributed by atoms with E-state index in [0.717, 1.165) is 29.1 Å². The summed E-state index contributed by atoms with van der Waals surface area (Å²) in [6.45, 7) is 7.32. The second-order valence-electron chi connectivity index (χ2n) is 7.94. The molecule has 0 bridgehead atoms. The summed E-state index contributed by atoms with van der Waals surface area (Å²) < 4.78 is 7.18. The Bertz CT molecular complexity index is 896. The minimum atomic E-state index is -0.482. The number of nitrogens with one attached hydrogen (secondary N) is 1. The molecular formula is C21H27N3O3. The Morgan fingerprint density at radius 2 is 2.04 bits per heavy atom. The van der Waals surface area contributed by atoms with Gasteiger partial charge < -0.3 is 20.4 Å². The number of ketones is 1. The first kappa shape index (κ1) is 19.2. The van der Waals surface area contributed by atoms with E-state index in [1.165, 1.54) is 0 Å². The van der Waals surface area contributed by atoms with Gasteiger partial charge >= 0.3 is 0 Å². The summed E-state index contributed by atoms with van der Waals surface area (Å²) in [5.41, 5.74) is 10.3. The largest absolute Gasteiger partial charge is 0.383 e. The first-order valence-corrected chi connectivity index (χ1v) is 9.15. The van der Waals surface area contributed by atoms with Gasteiger partial charge in [-0.2, -0.15) is 0 Å². The molecule has 1 amide bonds. The fourth-order valence-corrected chi connectivity index (χ4v) is 3.83. The van der Waals surface area contributed by atoms with Crippen molar-refractivity contribution in [3.63, 3.8) is 0 Å². The van der Waals surface area contributed by atoms with Crippen LogP contribution in [0.5, 0.6) is 0 Å². The third-order valence-electron chi connectivity index (χ3n) is 5.02. The smallest absolute Gasteiger partial charge is 0.250 e. The highest BCUT2D eigenvalue weighted by atomic mass is 16.5. The Morgan fingerprint density at radius 1 is 1.30 bits per heavy atom. The van der Waals surface area contributed by atoms with Gasteiger partial charge in [-0.1, -0.05) is 13.8 Å². The number of carbonyl (C=O) groups excluding carboxylic acids is 2. The molecule has 0 radical (unpaired) electrons. The van der Waals surface area contributed by atoms with Gasteiger partial charge in [-0.05, 0) is 43.0 Å². The summed E-state index contributed by atoms with van der Waals surface area (Å²) in [5.74, 6) is -0.292. The molecule has 6 heteroatoms. The Morgan fingerprint density at radius 3 is 2.70 bits per heavy atom. The van der Waals surface area contributed by atoms with Crippen LogP contribution in [0.3, 0.4) is 0 Å². The summed E-state index contributed by atoms with van der Waals surface area (Å²) in [5, 5.41) is 3.22. The molecule has 3 rings (SSSR count). The SMILES string of the molecule is COCCNc1cc(-n2c(C)cc3c2CC(C)(C)CC3=O)ccc1C(N)=O. The minimum Gasteiger partial charge on any atom is -0.383 e. The third kappa shape index (κ3) is 3.76. The maximum Gasteiger partial charge on any atom is 0.250 e. The number of nitrogens with two attached hydrogens (primary N) is 1. The molecule has 0 aliphatic heterocycles. The average molecular weight is 369 g/mol. The van der Waals surface area contributed by atoms with Crippen molar-refractivity contribution in [1.82, 2.24) is 4.57 Å². The van der Waals surface area contributed by atoms with Crippen LogP contribution in [-0.2, 0) is 11.2 Å². The molecule has 3 N–H and O–H groups in total. The van der Waals surface area contributed by atoms with Gasteiger partial charge in [0.05, 0.1) is 12.2 Å². The lowest BCUT2D eigenvalue weighted by atomic mass is 9.76. The number of carbonyl (C=O) groups is 2. The normalized spacial score (nSPS) is 15.5. The molecular weight excluding hydrogens is 342 g/mol. The van der Waals surface area contributed by atoms with Crippen LogP contribution in [0.15, 0.2) is 24.3 Å². The number of amides is 1. The molecule has 1 heterocycles. The molecule has 1 aliphatic carbocycles. The van der Waals surface area contributed by atoms with Crippen LogP contribution >= 0.6 is 0 Å². The zero-order valence-corrected chi connectivity index (χ0v) is 16.4. The van der Waals surface area contributed by atoms with Crippen LogP contribution in [0, 0.1) is 12.3 Å². The highest BCUT2D eigenvalue weighted by Gasteiger charge is 2.34. The number of hydrogen-bond donors (Lipinski definition) is 2. The Kier molecular flexibility index (Phi) is 5.11. The van der Waals surface area contributed by atoms with Crippen molar-refractivity contribution >= 4 is 17.4 Å². The van der Waals surface area contributed by atoms with Gasteiger partial charge in [-0.3, -0.25) is 9.59 Å². The lowest BCUT2D eigenvalue weighted by molar-refractivity contribution is 0.0910. The monoisotopic (exact) mass is 369 g/mol. The number of hydrogen-bond acceptors (Lipinski definition) is 4. The van der Waals surface area contributed by atoms with Crippen LogP contribution in [-0.4, -0.2) is 36.5 Å². The van der Waals surface area contributed by atoms with Crippen molar-refractivity contribution in [2.24, 2.45) is 11.1 Å². The van der Waals surface area contributed by atoms with Gasteiger partial charge in [0.15, 0.2) is 5.78 Å². The highest BCUT2D eigenvalue weighted by molar-refractivity contribution is 6.00. The molecule has 1 aromatic carbocycles. The van der Waals surface area contributed by atoms with Gasteiger partial charge in [0.2, 0.25) is 0 Å². The van der Waals surface area contributed by atoms with E-state index in [4.69, 9.17) is 10.5 Å². The molecule has 27 heavy (non-hydrogen) atoms. The van der Waals surface area contributed by atoms with Crippen LogP contribution in [0.4, 0.5) is 5.69 Å². The predicted molar refractivity (Wildman–Crippen MR) is 106 cm³/mol. The van der Waals surface area contributed by atoms with Gasteiger partial charge in [-0.15, -0.1) is 0 Å². The number of primary amides is 1. The molecule has 0 saturated carbocycles. The molecule has 1 aromatic heterocycles. The number of methoxy groups -OCH3 is 1. The predicted octanol–water partition coefficient (Wildman–Crippen LogP) is 3.10. The summed E-state index contributed by atoms with van der Waals surface area (Å²) >= 11 is 0. The van der Waals surface area contributed by atoms with E-state index in [0.29, 0.717) is 30.8 Å². The van der Waals surface area contributed by atoms with Gasteiger partial charge in [0, 0.05) is 48.4 Å². The molecule has 0 unspecified atom stereocenters. The van der Waals surface area contributed by atoms with Crippen molar-refractivity contribution in [2.75, 3.05) is 25.6 Å². The van der Waals surface area contributed by atoms with Crippen molar-refractivity contribution in [1.29, 1.82) is 0 Å². The second kappa shape index (κ2) is 7.19. The van der Waals surface area contributed by atoms with Gasteiger partial charge in [0.1, 0.15) is 0 Å². The maximum atomic E-state index is 12.6. The Balaban J connectivity index is 2.08. The molecule has 0 atom stereocenters. The first-order chi connectivity index (χ1) is 12.7. The van der Waals surface area contributed by atoms with Crippen molar-refractivity contribution in [2.45, 2.75) is 33.6 Å². The number of benzene rings is 1. The quantitative estimate of drug-likeness (QED) is 0.766. The Hall–Kier alpha value is -2.60. The fraction of sp³-hybridized carbons (Fsp3) is 0.429. The van der Waals surface area contributed by atoms with E-state index in [9.17, 15) is 9.59 Å². The average Bonchev–Trinajstić information content (AvgIpc) is 2.90. The number of ether oxygens (including phenoxy) is 1. The number of rotatable bonds is 6. The van der Waals surface area contributed by atoms with Crippen LogP contribution in [0.2, 0.25) is 0 Å². The molecule has 0 spiro atoms. The molecule has 0 fully saturated rings. The number of anilines is 1. The molecule has 0 saturated heterocycles. The summed E-state index contributed by atoms with van der Waals surface area (Å²) in [4.78, 5) is 24.4. The first-order valence-electron chi connectivity index (χ1n) is 9.15. The van der Waals surface area contributed by atoms with E-state index in [-0.39, 0.29) is 11.2 Å². The van der Waals surface area contributed by atoms with Crippen molar-refractivity contribution in [3.05, 3.63) is 46.8 Å². The summed E-state index contributed by atoms with van der Waals surface area (Å²) in [6.07, 6.45) is 1.39. The summed E-state index contributed by atoms with van der Waals surface area (Å²) in [6, 6.07) is 7.48. The maximum absolute atomic E-state index is 12.6. The third-order valence-corrected chi connectivity index (χ3v) is 5.02.